The van der Waals surface area contributed by atoms with Crippen molar-refractivity contribution in [2.75, 3.05) is 18.0 Å². The van der Waals surface area contributed by atoms with Crippen LogP contribution in [0.5, 0.6) is 0 Å². The molecule has 2 aliphatic carbocycles. The van der Waals surface area contributed by atoms with E-state index in [9.17, 15) is 0 Å². The van der Waals surface area contributed by atoms with E-state index in [1.54, 1.807) is 0 Å². The Morgan fingerprint density at radius 3 is 2.70 bits per heavy atom. The zero-order chi connectivity index (χ0) is 13.9. The minimum absolute atomic E-state index is 0.763. The first kappa shape index (κ1) is 14.2. The van der Waals surface area contributed by atoms with Gasteiger partial charge in [0.05, 0.1) is 0 Å². The van der Waals surface area contributed by atoms with Gasteiger partial charge in [-0.2, -0.15) is 0 Å². The van der Waals surface area contributed by atoms with Crippen molar-refractivity contribution in [3.8, 4) is 0 Å². The van der Waals surface area contributed by atoms with Gasteiger partial charge < -0.3 is 10.2 Å². The maximum atomic E-state index is 6.46. The highest BCUT2D eigenvalue weighted by atomic mass is 35.5. The number of nitrogens with one attached hydrogen (secondary N) is 1. The summed E-state index contributed by atoms with van der Waals surface area (Å²) in [6, 6.07) is 7.15. The van der Waals surface area contributed by atoms with Crippen molar-refractivity contribution in [1.82, 2.24) is 5.32 Å². The zero-order valence-electron chi connectivity index (χ0n) is 12.4. The molecule has 2 saturated carbocycles. The van der Waals surface area contributed by atoms with Crippen LogP contribution < -0.4 is 10.2 Å². The second-order valence-electron chi connectivity index (χ2n) is 6.24. The van der Waals surface area contributed by atoms with Gasteiger partial charge in [-0.25, -0.2) is 0 Å². The van der Waals surface area contributed by atoms with Gasteiger partial charge in [-0.05, 0) is 56.7 Å². The largest absolute Gasteiger partial charge is 0.368 e. The number of benzene rings is 1. The average molecular weight is 293 g/mol. The second kappa shape index (κ2) is 6.36. The van der Waals surface area contributed by atoms with Gasteiger partial charge in [0.25, 0.3) is 0 Å². The fraction of sp³-hybridized carbons (Fsp3) is 0.647. The molecule has 0 saturated heterocycles. The molecule has 0 atom stereocenters. The summed E-state index contributed by atoms with van der Waals surface area (Å²) in [5.74, 6) is 0.922. The van der Waals surface area contributed by atoms with Crippen molar-refractivity contribution in [2.24, 2.45) is 5.92 Å². The summed E-state index contributed by atoms with van der Waals surface area (Å²) in [7, 11) is 0. The second-order valence-corrected chi connectivity index (χ2v) is 6.65. The number of halogens is 1. The molecular formula is C17H25ClN2. The number of rotatable bonds is 8. The number of nitrogens with zero attached hydrogens (tertiary/aromatic N) is 1. The Balaban J connectivity index is 1.79. The molecule has 1 aromatic rings. The summed E-state index contributed by atoms with van der Waals surface area (Å²) in [6.45, 7) is 5.36. The average Bonchev–Trinajstić information content (AvgIpc) is 3.31. The first-order valence-corrected chi connectivity index (χ1v) is 8.42. The van der Waals surface area contributed by atoms with Crippen LogP contribution in [0.15, 0.2) is 18.2 Å². The minimum Gasteiger partial charge on any atom is -0.368 e. The van der Waals surface area contributed by atoms with Crippen LogP contribution in [0.3, 0.4) is 0 Å². The standard InChI is InChI=1S/C17H25ClN2/c1-2-10-19-11-15-16(18)4-3-5-17(15)20(14-8-9-14)12-13-6-7-13/h3-5,13-14,19H,2,6-12H2,1H3. The molecule has 110 valence electrons. The number of hydrogen-bond acceptors (Lipinski definition) is 2. The molecule has 20 heavy (non-hydrogen) atoms. The van der Waals surface area contributed by atoms with E-state index in [1.165, 1.54) is 43.5 Å². The van der Waals surface area contributed by atoms with E-state index in [0.717, 1.165) is 36.5 Å². The van der Waals surface area contributed by atoms with Crippen molar-refractivity contribution in [1.29, 1.82) is 0 Å². The molecule has 0 radical (unpaired) electrons. The van der Waals surface area contributed by atoms with Crippen LogP contribution in [-0.2, 0) is 6.54 Å². The third-order valence-electron chi connectivity index (χ3n) is 4.27. The predicted molar refractivity (Wildman–Crippen MR) is 86.5 cm³/mol. The molecule has 3 heteroatoms. The van der Waals surface area contributed by atoms with E-state index >= 15 is 0 Å². The highest BCUT2D eigenvalue weighted by Crippen LogP contribution is 2.40. The Hall–Kier alpha value is -0.730. The monoisotopic (exact) mass is 292 g/mol. The Kier molecular flexibility index (Phi) is 4.52. The van der Waals surface area contributed by atoms with Gasteiger partial charge in [0.2, 0.25) is 0 Å². The first-order chi connectivity index (χ1) is 9.79. The van der Waals surface area contributed by atoms with E-state index < -0.39 is 0 Å². The summed E-state index contributed by atoms with van der Waals surface area (Å²) in [5, 5.41) is 4.41. The van der Waals surface area contributed by atoms with Crippen molar-refractivity contribution in [3.05, 3.63) is 28.8 Å². The third-order valence-corrected chi connectivity index (χ3v) is 4.63. The number of hydrogen-bond donors (Lipinski definition) is 1. The van der Waals surface area contributed by atoms with E-state index in [4.69, 9.17) is 11.6 Å². The molecule has 0 unspecified atom stereocenters. The minimum atomic E-state index is 0.763. The van der Waals surface area contributed by atoms with E-state index in [0.29, 0.717) is 0 Å². The first-order valence-electron chi connectivity index (χ1n) is 8.04. The Morgan fingerprint density at radius 2 is 2.05 bits per heavy atom. The lowest BCUT2D eigenvalue weighted by molar-refractivity contribution is 0.665. The lowest BCUT2D eigenvalue weighted by atomic mass is 10.1. The van der Waals surface area contributed by atoms with Crippen molar-refractivity contribution >= 4 is 17.3 Å². The van der Waals surface area contributed by atoms with E-state index in [2.05, 4.69) is 29.3 Å². The molecule has 2 nitrogen and oxygen atoms in total. The molecule has 1 aromatic carbocycles. The van der Waals surface area contributed by atoms with Crippen LogP contribution >= 0.6 is 11.6 Å². The lowest BCUT2D eigenvalue weighted by Crippen LogP contribution is -2.30. The molecule has 0 aromatic heterocycles. The molecule has 3 rings (SSSR count). The molecule has 0 heterocycles. The predicted octanol–water partition coefficient (Wildman–Crippen LogP) is 4.22. The molecule has 1 N–H and O–H groups in total. The molecule has 0 aliphatic heterocycles. The Bertz CT molecular complexity index is 452. The summed E-state index contributed by atoms with van der Waals surface area (Å²) in [4.78, 5) is 2.63. The van der Waals surface area contributed by atoms with Crippen molar-refractivity contribution < 1.29 is 0 Å². The molecule has 0 amide bonds. The molecular weight excluding hydrogens is 268 g/mol. The topological polar surface area (TPSA) is 15.3 Å². The van der Waals surface area contributed by atoms with Crippen LogP contribution in [0.25, 0.3) is 0 Å². The number of anilines is 1. The van der Waals surface area contributed by atoms with Gasteiger partial charge in [-0.3, -0.25) is 0 Å². The molecule has 2 fully saturated rings. The lowest BCUT2D eigenvalue weighted by Gasteiger charge is -2.28. The van der Waals surface area contributed by atoms with Gasteiger partial charge in [0.15, 0.2) is 0 Å². The smallest absolute Gasteiger partial charge is 0.0471 e. The van der Waals surface area contributed by atoms with E-state index in [1.807, 2.05) is 6.07 Å². The van der Waals surface area contributed by atoms with Crippen LogP contribution in [0.2, 0.25) is 5.02 Å². The summed E-state index contributed by atoms with van der Waals surface area (Å²) in [5.41, 5.74) is 2.66. The maximum Gasteiger partial charge on any atom is 0.0471 e. The van der Waals surface area contributed by atoms with Crippen LogP contribution in [0.4, 0.5) is 5.69 Å². The summed E-state index contributed by atoms with van der Waals surface area (Å²) < 4.78 is 0. The van der Waals surface area contributed by atoms with E-state index in [-0.39, 0.29) is 0 Å². The fourth-order valence-corrected chi connectivity index (χ4v) is 3.03. The normalized spacial score (nSPS) is 18.3. The summed E-state index contributed by atoms with van der Waals surface area (Å²) >= 11 is 6.46. The third kappa shape index (κ3) is 3.48. The SMILES string of the molecule is CCCNCc1c(Cl)cccc1N(CC1CC1)C1CC1. The van der Waals surface area contributed by atoms with Gasteiger partial charge in [0.1, 0.15) is 0 Å². The van der Waals surface area contributed by atoms with Crippen LogP contribution in [0, 0.1) is 5.92 Å². The highest BCUT2D eigenvalue weighted by Gasteiger charge is 2.34. The highest BCUT2D eigenvalue weighted by molar-refractivity contribution is 6.31. The van der Waals surface area contributed by atoms with Crippen LogP contribution in [-0.4, -0.2) is 19.1 Å². The van der Waals surface area contributed by atoms with Crippen molar-refractivity contribution in [2.45, 2.75) is 51.6 Å². The van der Waals surface area contributed by atoms with Crippen LogP contribution in [0.1, 0.15) is 44.6 Å². The quantitative estimate of drug-likeness (QED) is 0.722. The van der Waals surface area contributed by atoms with Gasteiger partial charge in [-0.15, -0.1) is 0 Å². The van der Waals surface area contributed by atoms with Crippen molar-refractivity contribution in [3.63, 3.8) is 0 Å². The molecule has 0 spiro atoms. The zero-order valence-corrected chi connectivity index (χ0v) is 13.1. The maximum absolute atomic E-state index is 6.46. The molecule has 2 aliphatic rings. The van der Waals surface area contributed by atoms with Gasteiger partial charge in [0, 0.05) is 35.4 Å². The van der Waals surface area contributed by atoms with Gasteiger partial charge in [-0.1, -0.05) is 24.6 Å². The van der Waals surface area contributed by atoms with Gasteiger partial charge >= 0.3 is 0 Å². The Labute approximate surface area is 127 Å². The summed E-state index contributed by atoms with van der Waals surface area (Å²) in [6.07, 6.45) is 6.68. The molecule has 0 bridgehead atoms. The fourth-order valence-electron chi connectivity index (χ4n) is 2.79. The Morgan fingerprint density at radius 1 is 1.25 bits per heavy atom.